The Morgan fingerprint density at radius 3 is 2.76 bits per heavy atom. The molecule has 0 radical (unpaired) electrons. The maximum absolute atomic E-state index is 15.1. The summed E-state index contributed by atoms with van der Waals surface area (Å²) in [4.78, 5) is 33.5. The maximum atomic E-state index is 15.1. The summed E-state index contributed by atoms with van der Waals surface area (Å²) in [6.07, 6.45) is 1.40. The number of thioether (sulfide) groups is 1. The molecule has 0 saturated carbocycles. The van der Waals surface area contributed by atoms with E-state index in [0.29, 0.717) is 29.5 Å². The van der Waals surface area contributed by atoms with Crippen molar-refractivity contribution in [3.05, 3.63) is 58.6 Å². The first-order chi connectivity index (χ1) is 16.1. The van der Waals surface area contributed by atoms with Crippen LogP contribution in [0, 0.1) is 11.7 Å². The molecular weight excluding hydrogens is 483 g/mol. The zero-order valence-corrected chi connectivity index (χ0v) is 20.4. The second-order valence-electron chi connectivity index (χ2n) is 8.90. The summed E-state index contributed by atoms with van der Waals surface area (Å²) in [5.74, 6) is -0.535. The molecule has 2 aromatic rings. The average Bonchev–Trinajstić information content (AvgIpc) is 3.18. The van der Waals surface area contributed by atoms with Gasteiger partial charge in [0.1, 0.15) is 17.1 Å². The molecular formula is C23H24ClFN4O4S. The van der Waals surface area contributed by atoms with Crippen LogP contribution in [0.3, 0.4) is 0 Å². The molecule has 2 aliphatic rings. The molecule has 0 spiro atoms. The number of ether oxygens (including phenoxy) is 2. The van der Waals surface area contributed by atoms with Crippen molar-refractivity contribution in [1.29, 1.82) is 0 Å². The number of aromatic nitrogens is 1. The highest BCUT2D eigenvalue weighted by Gasteiger charge is 2.50. The number of halogens is 2. The van der Waals surface area contributed by atoms with E-state index in [4.69, 9.17) is 21.1 Å². The molecule has 2 amide bonds. The van der Waals surface area contributed by atoms with E-state index in [0.717, 1.165) is 0 Å². The Bertz CT molecular complexity index is 1140. The van der Waals surface area contributed by atoms with Gasteiger partial charge in [0.15, 0.2) is 10.9 Å². The lowest BCUT2D eigenvalue weighted by Crippen LogP contribution is -2.42. The lowest BCUT2D eigenvalue weighted by Gasteiger charge is -2.35. The number of alkyl carbamates (subject to hydrolysis) is 1. The second kappa shape index (κ2) is 9.52. The van der Waals surface area contributed by atoms with Crippen LogP contribution in [0.1, 0.15) is 43.2 Å². The van der Waals surface area contributed by atoms with Crippen molar-refractivity contribution in [3.8, 4) is 0 Å². The molecule has 0 bridgehead atoms. The third-order valence-corrected chi connectivity index (χ3v) is 6.47. The predicted molar refractivity (Wildman–Crippen MR) is 129 cm³/mol. The van der Waals surface area contributed by atoms with Crippen LogP contribution in [0.25, 0.3) is 0 Å². The predicted octanol–water partition coefficient (Wildman–Crippen LogP) is 4.94. The van der Waals surface area contributed by atoms with Crippen molar-refractivity contribution in [2.75, 3.05) is 17.7 Å². The second-order valence-corrected chi connectivity index (χ2v) is 10.3. The molecule has 34 heavy (non-hydrogen) atoms. The van der Waals surface area contributed by atoms with Crippen molar-refractivity contribution >= 4 is 46.2 Å². The number of hydrogen-bond donors (Lipinski definition) is 2. The summed E-state index contributed by atoms with van der Waals surface area (Å²) in [5, 5.41) is 6.05. The Morgan fingerprint density at radius 1 is 1.26 bits per heavy atom. The maximum Gasteiger partial charge on any atom is 0.413 e. The van der Waals surface area contributed by atoms with E-state index in [1.807, 2.05) is 0 Å². The molecule has 0 aliphatic carbocycles. The number of fused-ring (bicyclic) bond motifs is 1. The molecule has 3 heterocycles. The average molecular weight is 507 g/mol. The Labute approximate surface area is 205 Å². The van der Waals surface area contributed by atoms with Crippen LogP contribution < -0.4 is 10.6 Å². The molecule has 2 N–H and O–H groups in total. The number of carbonyl (C=O) groups excluding carboxylic acids is 2. The van der Waals surface area contributed by atoms with Crippen LogP contribution in [0.5, 0.6) is 0 Å². The number of amidine groups is 1. The Hall–Kier alpha value is -2.69. The van der Waals surface area contributed by atoms with Gasteiger partial charge in [-0.1, -0.05) is 23.4 Å². The minimum absolute atomic E-state index is 0.111. The fourth-order valence-electron chi connectivity index (χ4n) is 3.75. The van der Waals surface area contributed by atoms with Gasteiger partial charge in [-0.15, -0.1) is 0 Å². The third kappa shape index (κ3) is 5.34. The highest BCUT2D eigenvalue weighted by molar-refractivity contribution is 8.13. The van der Waals surface area contributed by atoms with Gasteiger partial charge in [-0.05, 0) is 57.5 Å². The van der Waals surface area contributed by atoms with Gasteiger partial charge in [-0.25, -0.2) is 19.2 Å². The summed E-state index contributed by atoms with van der Waals surface area (Å²) >= 11 is 7.18. The number of rotatable bonds is 3. The first kappa shape index (κ1) is 24.4. The molecule has 1 fully saturated rings. The summed E-state index contributed by atoms with van der Waals surface area (Å²) in [6.45, 7) is 5.66. The van der Waals surface area contributed by atoms with Gasteiger partial charge >= 0.3 is 6.09 Å². The Morgan fingerprint density at radius 2 is 2.06 bits per heavy atom. The van der Waals surface area contributed by atoms with Crippen molar-refractivity contribution in [2.24, 2.45) is 10.9 Å². The van der Waals surface area contributed by atoms with Crippen LogP contribution in [-0.4, -0.2) is 40.1 Å². The monoisotopic (exact) mass is 506 g/mol. The lowest BCUT2D eigenvalue weighted by atomic mass is 9.89. The van der Waals surface area contributed by atoms with Gasteiger partial charge in [0, 0.05) is 29.1 Å². The van der Waals surface area contributed by atoms with Crippen molar-refractivity contribution < 1.29 is 23.5 Å². The van der Waals surface area contributed by atoms with Gasteiger partial charge in [-0.2, -0.15) is 0 Å². The lowest BCUT2D eigenvalue weighted by molar-refractivity contribution is -0.0173. The van der Waals surface area contributed by atoms with Crippen molar-refractivity contribution in [2.45, 2.75) is 38.5 Å². The molecule has 0 unspecified atom stereocenters. The van der Waals surface area contributed by atoms with Gasteiger partial charge in [0.05, 0.1) is 11.6 Å². The normalized spacial score (nSPS) is 21.9. The molecule has 2 aliphatic heterocycles. The molecule has 2 atom stereocenters. The summed E-state index contributed by atoms with van der Waals surface area (Å²) in [7, 11) is 0. The van der Waals surface area contributed by atoms with E-state index in [1.165, 1.54) is 42.2 Å². The summed E-state index contributed by atoms with van der Waals surface area (Å²) in [6, 6.07) is 7.27. The number of benzene rings is 1. The zero-order chi connectivity index (χ0) is 24.5. The minimum Gasteiger partial charge on any atom is -0.444 e. The zero-order valence-electron chi connectivity index (χ0n) is 18.9. The van der Waals surface area contributed by atoms with Gasteiger partial charge in [0.2, 0.25) is 0 Å². The van der Waals surface area contributed by atoms with E-state index in [2.05, 4.69) is 20.6 Å². The van der Waals surface area contributed by atoms with E-state index < -0.39 is 29.1 Å². The van der Waals surface area contributed by atoms with Gasteiger partial charge in [0.25, 0.3) is 5.91 Å². The fraction of sp³-hybridized carbons (Fsp3) is 0.391. The van der Waals surface area contributed by atoms with E-state index >= 15 is 4.39 Å². The Kier molecular flexibility index (Phi) is 6.84. The highest BCUT2D eigenvalue weighted by atomic mass is 35.5. The number of amides is 2. The molecule has 180 valence electrons. The van der Waals surface area contributed by atoms with E-state index in [1.54, 1.807) is 26.8 Å². The van der Waals surface area contributed by atoms with Crippen LogP contribution in [-0.2, 0) is 15.2 Å². The number of nitrogens with zero attached hydrogens (tertiary/aromatic N) is 2. The smallest absolute Gasteiger partial charge is 0.413 e. The first-order valence-corrected chi connectivity index (χ1v) is 12.0. The van der Waals surface area contributed by atoms with Crippen LogP contribution in [0.2, 0.25) is 5.02 Å². The molecule has 4 rings (SSSR count). The van der Waals surface area contributed by atoms with Gasteiger partial charge < -0.3 is 14.8 Å². The number of hydrogen-bond acceptors (Lipinski definition) is 7. The highest BCUT2D eigenvalue weighted by Crippen LogP contribution is 2.48. The molecule has 11 heteroatoms. The molecule has 1 saturated heterocycles. The minimum atomic E-state index is -1.32. The van der Waals surface area contributed by atoms with Crippen LogP contribution in [0.4, 0.5) is 14.9 Å². The quantitative estimate of drug-likeness (QED) is 0.611. The SMILES string of the molecule is CC(C)(C)OC(=O)NC1=N[C@@]2(c3cc(NC(=O)c4ccc(Cl)cn4)ccc3F)OCC[C@H]2CS1. The van der Waals surface area contributed by atoms with Crippen molar-refractivity contribution in [3.63, 3.8) is 0 Å². The standard InChI is InChI=1S/C23H24ClFN4O4S/c1-22(2,3)33-21(31)28-20-29-23(13(12-34-20)8-9-32-23)16-10-15(5-6-17(16)25)27-19(30)18-7-4-14(24)11-26-18/h4-7,10-11,13H,8-9,12H2,1-3H3,(H,27,30)(H,28,29,31)/t13-,23+/m0/s1. The summed E-state index contributed by atoms with van der Waals surface area (Å²) in [5.41, 5.74) is -1.29. The molecule has 1 aromatic heterocycles. The Balaban J connectivity index is 1.62. The fourth-order valence-corrected chi connectivity index (χ4v) is 4.97. The first-order valence-electron chi connectivity index (χ1n) is 10.7. The van der Waals surface area contributed by atoms with E-state index in [-0.39, 0.29) is 22.3 Å². The van der Waals surface area contributed by atoms with Gasteiger partial charge in [-0.3, -0.25) is 10.1 Å². The largest absolute Gasteiger partial charge is 0.444 e. The van der Waals surface area contributed by atoms with E-state index in [9.17, 15) is 9.59 Å². The van der Waals surface area contributed by atoms with Crippen LogP contribution in [0.15, 0.2) is 41.5 Å². The number of pyridine rings is 1. The topological polar surface area (TPSA) is 102 Å². The number of anilines is 1. The number of carbonyl (C=O) groups is 2. The summed E-state index contributed by atoms with van der Waals surface area (Å²) < 4.78 is 26.4. The number of aliphatic imine (C=N–C) groups is 1. The third-order valence-electron chi connectivity index (χ3n) is 5.21. The molecule has 1 aromatic carbocycles. The van der Waals surface area contributed by atoms with Crippen molar-refractivity contribution in [1.82, 2.24) is 10.3 Å². The molecule has 8 nitrogen and oxygen atoms in total. The number of nitrogens with one attached hydrogen (secondary N) is 2. The van der Waals surface area contributed by atoms with Crippen LogP contribution >= 0.6 is 23.4 Å².